The summed E-state index contributed by atoms with van der Waals surface area (Å²) in [5.41, 5.74) is 3.54. The topological polar surface area (TPSA) is 70.1 Å². The first-order chi connectivity index (χ1) is 17.7. The van der Waals surface area contributed by atoms with Crippen molar-refractivity contribution in [3.05, 3.63) is 64.7 Å². The van der Waals surface area contributed by atoms with Gasteiger partial charge in [0.1, 0.15) is 5.75 Å². The predicted octanol–water partition coefficient (Wildman–Crippen LogP) is 6.68. The highest BCUT2D eigenvalue weighted by molar-refractivity contribution is 5.77. The molecule has 3 rings (SSSR count). The number of nitrogens with zero attached hydrogens (tertiary/aromatic N) is 2. The molecule has 1 N–H and O–H groups in total. The Morgan fingerprint density at radius 1 is 1.05 bits per heavy atom. The second-order valence-electron chi connectivity index (χ2n) is 12.7. The van der Waals surface area contributed by atoms with Crippen molar-refractivity contribution in [1.82, 2.24) is 9.80 Å². The molecule has 6 nitrogen and oxygen atoms in total. The fourth-order valence-electron chi connectivity index (χ4n) is 4.93. The highest BCUT2D eigenvalue weighted by atomic mass is 16.5. The molecule has 2 aromatic rings. The molecule has 0 spiro atoms. The zero-order chi connectivity index (χ0) is 28.3. The molecule has 1 aliphatic heterocycles. The van der Waals surface area contributed by atoms with E-state index >= 15 is 0 Å². The van der Waals surface area contributed by atoms with Gasteiger partial charge in [0.15, 0.2) is 5.60 Å². The lowest BCUT2D eigenvalue weighted by molar-refractivity contribution is -0.152. The molecule has 208 valence electrons. The third-order valence-electron chi connectivity index (χ3n) is 7.38. The van der Waals surface area contributed by atoms with Gasteiger partial charge in [-0.05, 0) is 79.2 Å². The molecule has 1 saturated heterocycles. The van der Waals surface area contributed by atoms with Crippen LogP contribution in [0.15, 0.2) is 42.5 Å². The Balaban J connectivity index is 1.59. The molecule has 0 aliphatic carbocycles. The van der Waals surface area contributed by atoms with E-state index in [0.29, 0.717) is 18.2 Å². The standard InChI is InChI=1S/C32H46N2O4/c1-22(2)18-25-19-23(14-17-28(25)38-32(6,7)29(35)36)10-9-11-27-21-34(30(37)33(27)8)20-24-12-15-26(16-13-24)31(3,4)5/h12-17,19,22,27H,9-11,18,20-21H2,1-8H3,(H,35,36). The zero-order valence-corrected chi connectivity index (χ0v) is 24.5. The molecule has 1 atom stereocenters. The number of aliphatic carboxylic acids is 1. The van der Waals surface area contributed by atoms with E-state index in [1.807, 2.05) is 29.0 Å². The summed E-state index contributed by atoms with van der Waals surface area (Å²) in [5, 5.41) is 9.47. The first kappa shape index (κ1) is 29.5. The Morgan fingerprint density at radius 2 is 1.68 bits per heavy atom. The molecule has 0 aromatic heterocycles. The average molecular weight is 523 g/mol. The molecule has 2 amide bonds. The van der Waals surface area contributed by atoms with Gasteiger partial charge >= 0.3 is 12.0 Å². The van der Waals surface area contributed by atoms with Crippen LogP contribution in [0.5, 0.6) is 5.75 Å². The SMILES string of the molecule is CC(C)Cc1cc(CCCC2CN(Cc3ccc(C(C)(C)C)cc3)C(=O)N2C)ccc1OC(C)(C)C(=O)O. The van der Waals surface area contributed by atoms with Crippen LogP contribution in [0, 0.1) is 5.92 Å². The molecule has 0 radical (unpaired) electrons. The van der Waals surface area contributed by atoms with Crippen molar-refractivity contribution >= 4 is 12.0 Å². The van der Waals surface area contributed by atoms with Crippen molar-refractivity contribution in [3.8, 4) is 5.75 Å². The van der Waals surface area contributed by atoms with E-state index in [2.05, 4.69) is 65.0 Å². The quantitative estimate of drug-likeness (QED) is 0.357. The Morgan fingerprint density at radius 3 is 2.26 bits per heavy atom. The second kappa shape index (κ2) is 11.8. The summed E-state index contributed by atoms with van der Waals surface area (Å²) in [4.78, 5) is 28.3. The Labute approximate surface area is 229 Å². The number of aryl methyl sites for hydroxylation is 1. The highest BCUT2D eigenvalue weighted by Gasteiger charge is 2.34. The number of carboxylic acids is 1. The maximum absolute atomic E-state index is 12.9. The van der Waals surface area contributed by atoms with Crippen molar-refractivity contribution in [2.24, 2.45) is 5.92 Å². The normalized spacial score (nSPS) is 16.4. The second-order valence-corrected chi connectivity index (χ2v) is 12.7. The minimum atomic E-state index is -1.28. The van der Waals surface area contributed by atoms with E-state index in [-0.39, 0.29) is 17.5 Å². The maximum Gasteiger partial charge on any atom is 0.347 e. The Kier molecular flexibility index (Phi) is 9.17. The fourth-order valence-corrected chi connectivity index (χ4v) is 4.93. The van der Waals surface area contributed by atoms with Crippen LogP contribution >= 0.6 is 0 Å². The van der Waals surface area contributed by atoms with Crippen molar-refractivity contribution < 1.29 is 19.4 Å². The van der Waals surface area contributed by atoms with E-state index in [0.717, 1.165) is 43.4 Å². The minimum Gasteiger partial charge on any atom is -0.478 e. The summed E-state index contributed by atoms with van der Waals surface area (Å²) in [7, 11) is 1.91. The van der Waals surface area contributed by atoms with Gasteiger partial charge in [-0.2, -0.15) is 0 Å². The van der Waals surface area contributed by atoms with Gasteiger partial charge in [0.2, 0.25) is 0 Å². The summed E-state index contributed by atoms with van der Waals surface area (Å²) in [6.07, 6.45) is 3.63. The average Bonchev–Trinajstić information content (AvgIpc) is 3.07. The lowest BCUT2D eigenvalue weighted by Crippen LogP contribution is -2.38. The first-order valence-electron chi connectivity index (χ1n) is 13.8. The number of hydrogen-bond acceptors (Lipinski definition) is 3. The first-order valence-corrected chi connectivity index (χ1v) is 13.8. The van der Waals surface area contributed by atoms with E-state index < -0.39 is 11.6 Å². The van der Waals surface area contributed by atoms with Crippen LogP contribution in [0.4, 0.5) is 4.79 Å². The summed E-state index contributed by atoms with van der Waals surface area (Å²) in [5.74, 6) is 0.0831. The van der Waals surface area contributed by atoms with Crippen LogP contribution in [0.1, 0.15) is 83.6 Å². The van der Waals surface area contributed by atoms with Gasteiger partial charge in [-0.3, -0.25) is 0 Å². The molecule has 38 heavy (non-hydrogen) atoms. The number of ether oxygens (including phenoxy) is 1. The lowest BCUT2D eigenvalue weighted by atomic mass is 9.87. The summed E-state index contributed by atoms with van der Waals surface area (Å²) in [6, 6.07) is 15.0. The van der Waals surface area contributed by atoms with Crippen LogP contribution in [-0.2, 0) is 29.6 Å². The largest absolute Gasteiger partial charge is 0.478 e. The van der Waals surface area contributed by atoms with Gasteiger partial charge in [-0.1, -0.05) is 71.0 Å². The van der Waals surface area contributed by atoms with Crippen LogP contribution in [0.25, 0.3) is 0 Å². The van der Waals surface area contributed by atoms with Crippen LogP contribution in [0.3, 0.4) is 0 Å². The zero-order valence-electron chi connectivity index (χ0n) is 24.5. The van der Waals surface area contributed by atoms with Crippen molar-refractivity contribution in [3.63, 3.8) is 0 Å². The number of likely N-dealkylation sites (N-methyl/N-ethyl adjacent to an activating group) is 1. The third kappa shape index (κ3) is 7.52. The molecule has 1 aliphatic rings. The van der Waals surface area contributed by atoms with Crippen molar-refractivity contribution in [2.45, 2.75) is 97.8 Å². The number of benzene rings is 2. The fraction of sp³-hybridized carbons (Fsp3) is 0.562. The number of urea groups is 1. The molecule has 2 aromatic carbocycles. The number of carboxylic acid groups (broad SMARTS) is 1. The minimum absolute atomic E-state index is 0.0941. The molecule has 6 heteroatoms. The van der Waals surface area contributed by atoms with Gasteiger partial charge in [-0.25, -0.2) is 9.59 Å². The van der Waals surface area contributed by atoms with Crippen LogP contribution in [-0.4, -0.2) is 52.1 Å². The molecular weight excluding hydrogens is 476 g/mol. The number of hydrogen-bond donors (Lipinski definition) is 1. The number of carbonyl (C=O) groups is 2. The van der Waals surface area contributed by atoms with Gasteiger partial charge in [0.05, 0.1) is 6.04 Å². The predicted molar refractivity (Wildman–Crippen MR) is 153 cm³/mol. The van der Waals surface area contributed by atoms with Gasteiger partial charge < -0.3 is 19.6 Å². The number of amides is 2. The van der Waals surface area contributed by atoms with E-state index in [9.17, 15) is 14.7 Å². The smallest absolute Gasteiger partial charge is 0.347 e. The lowest BCUT2D eigenvalue weighted by Gasteiger charge is -2.24. The van der Waals surface area contributed by atoms with E-state index in [1.54, 1.807) is 13.8 Å². The molecule has 0 bridgehead atoms. The summed E-state index contributed by atoms with van der Waals surface area (Å²) >= 11 is 0. The Hall–Kier alpha value is -3.02. The molecule has 1 heterocycles. The van der Waals surface area contributed by atoms with Crippen LogP contribution < -0.4 is 4.74 Å². The van der Waals surface area contributed by atoms with E-state index in [4.69, 9.17) is 4.74 Å². The molecular formula is C32H46N2O4. The third-order valence-corrected chi connectivity index (χ3v) is 7.38. The van der Waals surface area contributed by atoms with E-state index in [1.165, 1.54) is 11.1 Å². The maximum atomic E-state index is 12.9. The van der Waals surface area contributed by atoms with Crippen LogP contribution in [0.2, 0.25) is 0 Å². The molecule has 0 saturated carbocycles. The number of carbonyl (C=O) groups excluding carboxylic acids is 1. The Bertz CT molecular complexity index is 1120. The van der Waals surface area contributed by atoms with Gasteiger partial charge in [0, 0.05) is 20.1 Å². The monoisotopic (exact) mass is 522 g/mol. The van der Waals surface area contributed by atoms with Crippen molar-refractivity contribution in [2.75, 3.05) is 13.6 Å². The summed E-state index contributed by atoms with van der Waals surface area (Å²) in [6.45, 7) is 15.4. The number of rotatable bonds is 11. The highest BCUT2D eigenvalue weighted by Crippen LogP contribution is 2.29. The summed E-state index contributed by atoms with van der Waals surface area (Å²) < 4.78 is 5.90. The van der Waals surface area contributed by atoms with Gasteiger partial charge in [0.25, 0.3) is 0 Å². The van der Waals surface area contributed by atoms with Gasteiger partial charge in [-0.15, -0.1) is 0 Å². The van der Waals surface area contributed by atoms with Crippen molar-refractivity contribution in [1.29, 1.82) is 0 Å². The molecule has 1 unspecified atom stereocenters. The molecule has 1 fully saturated rings.